The zero-order chi connectivity index (χ0) is 13.0. The SMILES string of the molecule is NC(=O)NC(=O)CN1CCNCc2ccccc21. The number of hydrogen-bond acceptors (Lipinski definition) is 4. The highest BCUT2D eigenvalue weighted by Crippen LogP contribution is 2.21. The number of urea groups is 1. The number of carbonyl (C=O) groups is 2. The highest BCUT2D eigenvalue weighted by molar-refractivity contribution is 5.95. The zero-order valence-electron chi connectivity index (χ0n) is 9.98. The van der Waals surface area contributed by atoms with Gasteiger partial charge in [-0.05, 0) is 11.6 Å². The van der Waals surface area contributed by atoms with E-state index in [1.165, 1.54) is 0 Å². The van der Waals surface area contributed by atoms with Gasteiger partial charge in [0, 0.05) is 25.3 Å². The van der Waals surface area contributed by atoms with Gasteiger partial charge in [-0.25, -0.2) is 4.79 Å². The third-order valence-electron chi connectivity index (χ3n) is 2.80. The fourth-order valence-corrected chi connectivity index (χ4v) is 2.04. The highest BCUT2D eigenvalue weighted by Gasteiger charge is 2.17. The van der Waals surface area contributed by atoms with Gasteiger partial charge in [-0.1, -0.05) is 18.2 Å². The summed E-state index contributed by atoms with van der Waals surface area (Å²) in [6.45, 7) is 2.41. The van der Waals surface area contributed by atoms with E-state index >= 15 is 0 Å². The summed E-state index contributed by atoms with van der Waals surface area (Å²) in [4.78, 5) is 24.1. The Bertz CT molecular complexity index is 461. The van der Waals surface area contributed by atoms with E-state index in [2.05, 4.69) is 10.6 Å². The number of carbonyl (C=O) groups excluding carboxylic acids is 2. The van der Waals surface area contributed by atoms with Crippen LogP contribution in [0.15, 0.2) is 24.3 Å². The Morgan fingerprint density at radius 3 is 2.94 bits per heavy atom. The molecule has 0 bridgehead atoms. The number of para-hydroxylation sites is 1. The van der Waals surface area contributed by atoms with Crippen LogP contribution in [0, 0.1) is 0 Å². The second-order valence-electron chi connectivity index (χ2n) is 4.14. The number of hydrogen-bond donors (Lipinski definition) is 3. The van der Waals surface area contributed by atoms with E-state index in [1.54, 1.807) is 0 Å². The van der Waals surface area contributed by atoms with Gasteiger partial charge < -0.3 is 16.0 Å². The van der Waals surface area contributed by atoms with E-state index in [4.69, 9.17) is 5.73 Å². The summed E-state index contributed by atoms with van der Waals surface area (Å²) in [5.74, 6) is -0.390. The van der Waals surface area contributed by atoms with Crippen molar-refractivity contribution in [1.82, 2.24) is 10.6 Å². The van der Waals surface area contributed by atoms with Gasteiger partial charge in [0.15, 0.2) is 0 Å². The fraction of sp³-hybridized carbons (Fsp3) is 0.333. The number of nitrogens with one attached hydrogen (secondary N) is 2. The lowest BCUT2D eigenvalue weighted by Crippen LogP contribution is -2.43. The molecule has 1 aliphatic rings. The van der Waals surface area contributed by atoms with Crippen molar-refractivity contribution in [3.8, 4) is 0 Å². The summed E-state index contributed by atoms with van der Waals surface area (Å²) < 4.78 is 0. The van der Waals surface area contributed by atoms with Gasteiger partial charge in [0.1, 0.15) is 0 Å². The number of anilines is 1. The molecule has 0 fully saturated rings. The average molecular weight is 248 g/mol. The number of primary amides is 1. The van der Waals surface area contributed by atoms with Crippen LogP contribution in [0.1, 0.15) is 5.56 Å². The Balaban J connectivity index is 2.13. The largest absolute Gasteiger partial charge is 0.361 e. The zero-order valence-corrected chi connectivity index (χ0v) is 9.98. The first-order valence-corrected chi connectivity index (χ1v) is 5.79. The van der Waals surface area contributed by atoms with Gasteiger partial charge in [0.2, 0.25) is 5.91 Å². The monoisotopic (exact) mass is 248 g/mol. The molecule has 1 heterocycles. The van der Waals surface area contributed by atoms with E-state index in [0.29, 0.717) is 6.54 Å². The third-order valence-corrected chi connectivity index (χ3v) is 2.80. The summed E-state index contributed by atoms with van der Waals surface area (Å²) in [5, 5.41) is 5.36. The molecule has 1 aromatic rings. The Hall–Kier alpha value is -2.08. The molecule has 0 saturated heterocycles. The van der Waals surface area contributed by atoms with Crippen LogP contribution in [0.4, 0.5) is 10.5 Å². The minimum Gasteiger partial charge on any atom is -0.361 e. The van der Waals surface area contributed by atoms with Crippen LogP contribution in [0.2, 0.25) is 0 Å². The number of imide groups is 1. The second kappa shape index (κ2) is 5.50. The second-order valence-corrected chi connectivity index (χ2v) is 4.14. The van der Waals surface area contributed by atoms with Crippen molar-refractivity contribution in [2.45, 2.75) is 6.54 Å². The van der Waals surface area contributed by atoms with Gasteiger partial charge in [-0.15, -0.1) is 0 Å². The van der Waals surface area contributed by atoms with Crippen LogP contribution in [0.25, 0.3) is 0 Å². The summed E-state index contributed by atoms with van der Waals surface area (Å²) in [6.07, 6.45) is 0. The normalized spacial score (nSPS) is 14.6. The van der Waals surface area contributed by atoms with Gasteiger partial charge in [0.25, 0.3) is 0 Å². The van der Waals surface area contributed by atoms with Gasteiger partial charge in [0.05, 0.1) is 6.54 Å². The molecule has 0 unspecified atom stereocenters. The molecule has 0 aromatic heterocycles. The minimum atomic E-state index is -0.818. The van der Waals surface area contributed by atoms with Crippen LogP contribution in [0.5, 0.6) is 0 Å². The molecule has 1 aromatic carbocycles. The molecule has 18 heavy (non-hydrogen) atoms. The van der Waals surface area contributed by atoms with Crippen molar-refractivity contribution in [3.05, 3.63) is 29.8 Å². The maximum atomic E-state index is 11.6. The van der Waals surface area contributed by atoms with E-state index in [-0.39, 0.29) is 12.5 Å². The van der Waals surface area contributed by atoms with Crippen LogP contribution < -0.4 is 21.3 Å². The number of nitrogens with zero attached hydrogens (tertiary/aromatic N) is 1. The molecule has 6 nitrogen and oxygen atoms in total. The standard InChI is InChI=1S/C12H16N4O2/c13-12(18)15-11(17)8-16-6-5-14-7-9-3-1-2-4-10(9)16/h1-4,14H,5-8H2,(H3,13,15,17,18). The lowest BCUT2D eigenvalue weighted by atomic mass is 10.1. The predicted molar refractivity (Wildman–Crippen MR) is 68.1 cm³/mol. The fourth-order valence-electron chi connectivity index (χ4n) is 2.04. The summed E-state index contributed by atoms with van der Waals surface area (Å²) in [7, 11) is 0. The molecule has 1 aliphatic heterocycles. The molecule has 3 amide bonds. The molecule has 2 rings (SSSR count). The Morgan fingerprint density at radius 2 is 2.17 bits per heavy atom. The van der Waals surface area contributed by atoms with Crippen molar-refractivity contribution in [1.29, 1.82) is 0 Å². The molecule has 0 aliphatic carbocycles. The van der Waals surface area contributed by atoms with Crippen molar-refractivity contribution >= 4 is 17.6 Å². The molecule has 0 spiro atoms. The molecular formula is C12H16N4O2. The summed E-state index contributed by atoms with van der Waals surface area (Å²) >= 11 is 0. The maximum Gasteiger partial charge on any atom is 0.318 e. The van der Waals surface area contributed by atoms with E-state index in [9.17, 15) is 9.59 Å². The van der Waals surface area contributed by atoms with Crippen LogP contribution in [-0.4, -0.2) is 31.6 Å². The molecule has 6 heteroatoms. The molecule has 0 saturated carbocycles. The van der Waals surface area contributed by atoms with Gasteiger partial charge in [-0.3, -0.25) is 10.1 Å². The number of amides is 3. The first kappa shape index (κ1) is 12.4. The van der Waals surface area contributed by atoms with Crippen LogP contribution in [-0.2, 0) is 11.3 Å². The maximum absolute atomic E-state index is 11.6. The molecule has 96 valence electrons. The quantitative estimate of drug-likeness (QED) is 0.676. The van der Waals surface area contributed by atoms with Crippen molar-refractivity contribution in [2.24, 2.45) is 5.73 Å². The minimum absolute atomic E-state index is 0.127. The summed E-state index contributed by atoms with van der Waals surface area (Å²) in [5.41, 5.74) is 7.08. The summed E-state index contributed by atoms with van der Waals surface area (Å²) in [6, 6.07) is 7.07. The van der Waals surface area contributed by atoms with Crippen molar-refractivity contribution in [3.63, 3.8) is 0 Å². The molecule has 4 N–H and O–H groups in total. The van der Waals surface area contributed by atoms with Crippen molar-refractivity contribution in [2.75, 3.05) is 24.5 Å². The Morgan fingerprint density at radius 1 is 1.39 bits per heavy atom. The molecular weight excluding hydrogens is 232 g/mol. The lowest BCUT2D eigenvalue weighted by Gasteiger charge is -2.23. The average Bonchev–Trinajstić information content (AvgIpc) is 2.51. The van der Waals surface area contributed by atoms with E-state index < -0.39 is 6.03 Å². The molecule has 0 radical (unpaired) electrons. The van der Waals surface area contributed by atoms with Crippen LogP contribution >= 0.6 is 0 Å². The number of benzene rings is 1. The number of nitrogens with two attached hydrogens (primary N) is 1. The topological polar surface area (TPSA) is 87.5 Å². The van der Waals surface area contributed by atoms with E-state index in [0.717, 1.165) is 24.3 Å². The van der Waals surface area contributed by atoms with Crippen LogP contribution in [0.3, 0.4) is 0 Å². The smallest absolute Gasteiger partial charge is 0.318 e. The van der Waals surface area contributed by atoms with Gasteiger partial charge >= 0.3 is 6.03 Å². The Labute approximate surface area is 105 Å². The van der Waals surface area contributed by atoms with Gasteiger partial charge in [-0.2, -0.15) is 0 Å². The van der Waals surface area contributed by atoms with E-state index in [1.807, 2.05) is 29.2 Å². The number of fused-ring (bicyclic) bond motifs is 1. The predicted octanol–water partition coefficient (Wildman–Crippen LogP) is -0.209. The van der Waals surface area contributed by atoms with Crippen molar-refractivity contribution < 1.29 is 9.59 Å². The lowest BCUT2D eigenvalue weighted by molar-refractivity contribution is -0.118. The Kier molecular flexibility index (Phi) is 3.78. The molecule has 0 atom stereocenters. The highest BCUT2D eigenvalue weighted by atomic mass is 16.2. The first-order chi connectivity index (χ1) is 8.66. The first-order valence-electron chi connectivity index (χ1n) is 5.79. The number of rotatable bonds is 2. The third kappa shape index (κ3) is 2.98.